The second-order valence-electron chi connectivity index (χ2n) is 4.34. The molecule has 1 atom stereocenters. The molecule has 4 heteroatoms. The van der Waals surface area contributed by atoms with Crippen molar-refractivity contribution in [1.82, 2.24) is 0 Å². The molecule has 2 rings (SSSR count). The van der Waals surface area contributed by atoms with E-state index in [1.165, 1.54) is 6.07 Å². The Morgan fingerprint density at radius 3 is 2.42 bits per heavy atom. The van der Waals surface area contributed by atoms with Crippen LogP contribution in [-0.2, 0) is 6.42 Å². The van der Waals surface area contributed by atoms with Gasteiger partial charge in [-0.3, -0.25) is 0 Å². The summed E-state index contributed by atoms with van der Waals surface area (Å²) in [6.07, 6.45) is 0.539. The maximum atomic E-state index is 13.1. The lowest BCUT2D eigenvalue weighted by atomic mass is 10.1. The molecule has 2 aromatic rings. The first-order valence-corrected chi connectivity index (χ1v) is 7.01. The predicted molar refractivity (Wildman–Crippen MR) is 75.2 cm³/mol. The monoisotopic (exact) mass is 279 g/mol. The van der Waals surface area contributed by atoms with Gasteiger partial charge < -0.3 is 5.73 Å². The SMILES string of the molecule is NC(CSc1ccccc1)Cc1ccc(F)c(F)c1. The molecule has 0 saturated heterocycles. The van der Waals surface area contributed by atoms with E-state index in [-0.39, 0.29) is 6.04 Å². The number of hydrogen-bond acceptors (Lipinski definition) is 2. The fraction of sp³-hybridized carbons (Fsp3) is 0.200. The topological polar surface area (TPSA) is 26.0 Å². The molecule has 0 amide bonds. The van der Waals surface area contributed by atoms with Crippen LogP contribution in [-0.4, -0.2) is 11.8 Å². The van der Waals surface area contributed by atoms with E-state index in [1.54, 1.807) is 17.8 Å². The number of thioether (sulfide) groups is 1. The van der Waals surface area contributed by atoms with Gasteiger partial charge in [0, 0.05) is 16.7 Å². The van der Waals surface area contributed by atoms with Crippen LogP contribution in [0.1, 0.15) is 5.56 Å². The lowest BCUT2D eigenvalue weighted by Crippen LogP contribution is -2.25. The summed E-state index contributed by atoms with van der Waals surface area (Å²) in [6, 6.07) is 13.8. The molecule has 19 heavy (non-hydrogen) atoms. The molecule has 0 saturated carbocycles. The highest BCUT2D eigenvalue weighted by atomic mass is 32.2. The minimum Gasteiger partial charge on any atom is -0.327 e. The van der Waals surface area contributed by atoms with Crippen molar-refractivity contribution in [3.8, 4) is 0 Å². The van der Waals surface area contributed by atoms with Crippen molar-refractivity contribution in [1.29, 1.82) is 0 Å². The normalized spacial score (nSPS) is 12.4. The van der Waals surface area contributed by atoms with Gasteiger partial charge in [0.25, 0.3) is 0 Å². The van der Waals surface area contributed by atoms with E-state index >= 15 is 0 Å². The van der Waals surface area contributed by atoms with Crippen LogP contribution in [0.5, 0.6) is 0 Å². The van der Waals surface area contributed by atoms with Crippen LogP contribution in [0.3, 0.4) is 0 Å². The molecule has 2 N–H and O–H groups in total. The Morgan fingerprint density at radius 2 is 1.74 bits per heavy atom. The minimum atomic E-state index is -0.823. The number of halogens is 2. The fourth-order valence-electron chi connectivity index (χ4n) is 1.75. The maximum Gasteiger partial charge on any atom is 0.159 e. The maximum absolute atomic E-state index is 13.1. The largest absolute Gasteiger partial charge is 0.327 e. The van der Waals surface area contributed by atoms with Gasteiger partial charge in [0.1, 0.15) is 0 Å². The molecule has 0 radical (unpaired) electrons. The van der Waals surface area contributed by atoms with Crippen molar-refractivity contribution in [2.75, 3.05) is 5.75 Å². The number of nitrogens with two attached hydrogens (primary N) is 1. The Kier molecular flexibility index (Phi) is 4.93. The second kappa shape index (κ2) is 6.68. The standard InChI is InChI=1S/C15H15F2NS/c16-14-7-6-11(9-15(14)17)8-12(18)10-19-13-4-2-1-3-5-13/h1-7,9,12H,8,10,18H2. The van der Waals surface area contributed by atoms with Gasteiger partial charge in [-0.1, -0.05) is 24.3 Å². The van der Waals surface area contributed by atoms with Crippen molar-refractivity contribution in [2.24, 2.45) is 5.73 Å². The van der Waals surface area contributed by atoms with Crippen molar-refractivity contribution in [3.63, 3.8) is 0 Å². The van der Waals surface area contributed by atoms with E-state index in [1.807, 2.05) is 30.3 Å². The molecule has 0 heterocycles. The van der Waals surface area contributed by atoms with Crippen LogP contribution in [0.25, 0.3) is 0 Å². The number of hydrogen-bond donors (Lipinski definition) is 1. The third-order valence-electron chi connectivity index (χ3n) is 2.69. The molecule has 0 bridgehead atoms. The van der Waals surface area contributed by atoms with Crippen molar-refractivity contribution < 1.29 is 8.78 Å². The van der Waals surface area contributed by atoms with Crippen molar-refractivity contribution >= 4 is 11.8 Å². The molecule has 0 aliphatic carbocycles. The first kappa shape index (κ1) is 14.0. The zero-order valence-corrected chi connectivity index (χ0v) is 11.2. The predicted octanol–water partition coefficient (Wildman–Crippen LogP) is 3.63. The smallest absolute Gasteiger partial charge is 0.159 e. The molecule has 0 fully saturated rings. The van der Waals surface area contributed by atoms with Crippen LogP contribution in [0.15, 0.2) is 53.4 Å². The highest BCUT2D eigenvalue weighted by molar-refractivity contribution is 7.99. The van der Waals surface area contributed by atoms with Crippen LogP contribution in [0.2, 0.25) is 0 Å². The van der Waals surface area contributed by atoms with E-state index in [9.17, 15) is 8.78 Å². The zero-order valence-electron chi connectivity index (χ0n) is 10.4. The van der Waals surface area contributed by atoms with Gasteiger partial charge in [-0.25, -0.2) is 8.78 Å². The molecule has 1 unspecified atom stereocenters. The Morgan fingerprint density at radius 1 is 1.00 bits per heavy atom. The Labute approximate surface area is 115 Å². The third kappa shape index (κ3) is 4.33. The van der Waals surface area contributed by atoms with E-state index in [2.05, 4.69) is 0 Å². The molecular formula is C15H15F2NS. The third-order valence-corrected chi connectivity index (χ3v) is 3.89. The summed E-state index contributed by atoms with van der Waals surface area (Å²) in [4.78, 5) is 1.16. The van der Waals surface area contributed by atoms with Gasteiger partial charge in [-0.15, -0.1) is 11.8 Å². The zero-order chi connectivity index (χ0) is 13.7. The summed E-state index contributed by atoms with van der Waals surface area (Å²) < 4.78 is 25.9. The Balaban J connectivity index is 1.87. The van der Waals surface area contributed by atoms with Gasteiger partial charge in [0.2, 0.25) is 0 Å². The van der Waals surface area contributed by atoms with E-state index in [0.717, 1.165) is 22.3 Å². The minimum absolute atomic E-state index is 0.0879. The van der Waals surface area contributed by atoms with Crippen LogP contribution >= 0.6 is 11.8 Å². The van der Waals surface area contributed by atoms with E-state index in [4.69, 9.17) is 5.73 Å². The van der Waals surface area contributed by atoms with Gasteiger partial charge in [0.05, 0.1) is 0 Å². The van der Waals surface area contributed by atoms with Crippen LogP contribution in [0.4, 0.5) is 8.78 Å². The lowest BCUT2D eigenvalue weighted by molar-refractivity contribution is 0.506. The molecule has 0 aromatic heterocycles. The molecule has 100 valence electrons. The summed E-state index contributed by atoms with van der Waals surface area (Å²) in [6.45, 7) is 0. The average molecular weight is 279 g/mol. The van der Waals surface area contributed by atoms with E-state index < -0.39 is 11.6 Å². The average Bonchev–Trinajstić information content (AvgIpc) is 2.42. The molecule has 0 aliphatic rings. The van der Waals surface area contributed by atoms with Crippen molar-refractivity contribution in [3.05, 3.63) is 65.7 Å². The number of rotatable bonds is 5. The van der Waals surface area contributed by atoms with Gasteiger partial charge in [0.15, 0.2) is 11.6 Å². The first-order valence-electron chi connectivity index (χ1n) is 6.02. The highest BCUT2D eigenvalue weighted by Crippen LogP contribution is 2.19. The molecular weight excluding hydrogens is 264 g/mol. The summed E-state index contributed by atoms with van der Waals surface area (Å²) in [5.41, 5.74) is 6.73. The fourth-order valence-corrected chi connectivity index (χ4v) is 2.62. The van der Waals surface area contributed by atoms with Crippen LogP contribution in [0, 0.1) is 11.6 Å². The van der Waals surface area contributed by atoms with Crippen molar-refractivity contribution in [2.45, 2.75) is 17.4 Å². The Bertz CT molecular complexity index is 531. The summed E-state index contributed by atoms with van der Waals surface area (Å²) >= 11 is 1.66. The summed E-state index contributed by atoms with van der Waals surface area (Å²) in [5, 5.41) is 0. The number of benzene rings is 2. The molecule has 0 spiro atoms. The summed E-state index contributed by atoms with van der Waals surface area (Å²) in [7, 11) is 0. The second-order valence-corrected chi connectivity index (χ2v) is 5.43. The van der Waals surface area contributed by atoms with Gasteiger partial charge in [-0.2, -0.15) is 0 Å². The lowest BCUT2D eigenvalue weighted by Gasteiger charge is -2.11. The van der Waals surface area contributed by atoms with Gasteiger partial charge in [-0.05, 0) is 36.2 Å². The molecule has 1 nitrogen and oxygen atoms in total. The first-order chi connectivity index (χ1) is 9.15. The van der Waals surface area contributed by atoms with Gasteiger partial charge >= 0.3 is 0 Å². The van der Waals surface area contributed by atoms with E-state index in [0.29, 0.717) is 6.42 Å². The molecule has 0 aliphatic heterocycles. The highest BCUT2D eigenvalue weighted by Gasteiger charge is 2.08. The summed E-state index contributed by atoms with van der Waals surface area (Å²) in [5.74, 6) is -0.903. The quantitative estimate of drug-likeness (QED) is 0.846. The van der Waals surface area contributed by atoms with Crippen LogP contribution < -0.4 is 5.73 Å². The Hall–Kier alpha value is -1.39. The molecule has 2 aromatic carbocycles.